The molecule has 0 atom stereocenters. The van der Waals surface area contributed by atoms with E-state index in [-0.39, 0.29) is 39.9 Å². The van der Waals surface area contributed by atoms with Crippen molar-refractivity contribution in [2.24, 2.45) is 5.92 Å². The molecule has 2 aromatic rings. The van der Waals surface area contributed by atoms with E-state index in [0.29, 0.717) is 19.4 Å². The number of hydrogen-bond donors (Lipinski definition) is 1. The van der Waals surface area contributed by atoms with Crippen LogP contribution in [0.5, 0.6) is 0 Å². The number of rotatable bonds is 5. The van der Waals surface area contributed by atoms with Crippen LogP contribution in [-0.2, 0) is 21.4 Å². The van der Waals surface area contributed by atoms with Gasteiger partial charge in [0.2, 0.25) is 15.9 Å². The zero-order valence-electron chi connectivity index (χ0n) is 15.4. The van der Waals surface area contributed by atoms with Crippen LogP contribution in [0.4, 0.5) is 0 Å². The lowest BCUT2D eigenvalue weighted by Crippen LogP contribution is -2.42. The van der Waals surface area contributed by atoms with Crippen LogP contribution in [0.2, 0.25) is 10.0 Å². The van der Waals surface area contributed by atoms with Crippen LogP contribution in [0.3, 0.4) is 0 Å². The molecule has 150 valence electrons. The average Bonchev–Trinajstić information content (AvgIpc) is 2.66. The second-order valence-electron chi connectivity index (χ2n) is 6.83. The van der Waals surface area contributed by atoms with Crippen LogP contribution >= 0.6 is 23.2 Å². The molecule has 1 aliphatic rings. The van der Waals surface area contributed by atoms with Crippen molar-refractivity contribution in [1.82, 2.24) is 14.6 Å². The number of halogens is 2. The monoisotopic (exact) mass is 441 g/mol. The first-order chi connectivity index (χ1) is 13.3. The predicted octanol–water partition coefficient (Wildman–Crippen LogP) is 3.41. The number of carbonyl (C=O) groups excluding carboxylic acids is 1. The third-order valence-electron chi connectivity index (χ3n) is 4.71. The topological polar surface area (TPSA) is 79.4 Å². The molecule has 1 aromatic carbocycles. The summed E-state index contributed by atoms with van der Waals surface area (Å²) >= 11 is 11.9. The number of aryl methyl sites for hydroxylation is 1. The zero-order chi connectivity index (χ0) is 20.3. The summed E-state index contributed by atoms with van der Waals surface area (Å²) in [5.74, 6) is -0.301. The number of amides is 1. The normalized spacial score (nSPS) is 16.1. The van der Waals surface area contributed by atoms with Gasteiger partial charge in [-0.1, -0.05) is 29.3 Å². The Morgan fingerprint density at radius 2 is 1.82 bits per heavy atom. The third kappa shape index (κ3) is 5.03. The van der Waals surface area contributed by atoms with Crippen LogP contribution in [0.1, 0.15) is 24.1 Å². The van der Waals surface area contributed by atoms with E-state index in [1.807, 2.05) is 19.1 Å². The smallest absolute Gasteiger partial charge is 0.243 e. The molecule has 1 aliphatic heterocycles. The van der Waals surface area contributed by atoms with Crippen LogP contribution in [0.15, 0.2) is 41.4 Å². The number of carbonyl (C=O) groups is 1. The molecule has 3 rings (SSSR count). The highest BCUT2D eigenvalue weighted by Crippen LogP contribution is 2.28. The molecule has 1 amide bonds. The number of aromatic nitrogens is 1. The van der Waals surface area contributed by atoms with Gasteiger partial charge >= 0.3 is 0 Å². The SMILES string of the molecule is Cc1ccc(CNC(=O)C2CCN(S(=O)(=O)c3cc(Cl)cc(Cl)c3)CC2)nc1. The van der Waals surface area contributed by atoms with Gasteiger partial charge in [0.05, 0.1) is 17.1 Å². The Labute approximate surface area is 174 Å². The van der Waals surface area contributed by atoms with E-state index in [0.717, 1.165) is 11.3 Å². The van der Waals surface area contributed by atoms with E-state index in [2.05, 4.69) is 10.3 Å². The van der Waals surface area contributed by atoms with E-state index >= 15 is 0 Å². The molecule has 1 fully saturated rings. The first-order valence-electron chi connectivity index (χ1n) is 8.91. The van der Waals surface area contributed by atoms with E-state index in [9.17, 15) is 13.2 Å². The van der Waals surface area contributed by atoms with Gasteiger partial charge in [0.25, 0.3) is 0 Å². The molecule has 0 spiro atoms. The van der Waals surface area contributed by atoms with Gasteiger partial charge in [0, 0.05) is 35.2 Å². The molecular formula is C19H21Cl2N3O3S. The zero-order valence-corrected chi connectivity index (χ0v) is 17.7. The molecule has 0 aliphatic carbocycles. The molecule has 0 radical (unpaired) electrons. The number of nitrogens with one attached hydrogen (secondary N) is 1. The highest BCUT2D eigenvalue weighted by Gasteiger charge is 2.32. The van der Waals surface area contributed by atoms with Crippen molar-refractivity contribution in [3.8, 4) is 0 Å². The number of piperidine rings is 1. The molecule has 0 bridgehead atoms. The molecule has 9 heteroatoms. The Morgan fingerprint density at radius 1 is 1.18 bits per heavy atom. The van der Waals surface area contributed by atoms with Gasteiger partial charge in [-0.15, -0.1) is 0 Å². The molecule has 28 heavy (non-hydrogen) atoms. The summed E-state index contributed by atoms with van der Waals surface area (Å²) in [6, 6.07) is 8.08. The summed E-state index contributed by atoms with van der Waals surface area (Å²) in [5.41, 5.74) is 1.85. The lowest BCUT2D eigenvalue weighted by atomic mass is 9.97. The standard InChI is InChI=1S/C19H21Cl2N3O3S/c1-13-2-3-17(22-11-13)12-23-19(25)14-4-6-24(7-5-14)28(26,27)18-9-15(20)8-16(21)10-18/h2-3,8-11,14H,4-7,12H2,1H3,(H,23,25). The fourth-order valence-corrected chi connectivity index (χ4v) is 5.31. The number of hydrogen-bond acceptors (Lipinski definition) is 4. The molecule has 1 aromatic heterocycles. The lowest BCUT2D eigenvalue weighted by Gasteiger charge is -2.30. The molecule has 0 saturated carbocycles. The Balaban J connectivity index is 1.57. The summed E-state index contributed by atoms with van der Waals surface area (Å²) in [6.45, 7) is 2.86. The second-order valence-corrected chi connectivity index (χ2v) is 9.64. The van der Waals surface area contributed by atoms with Gasteiger partial charge in [-0.2, -0.15) is 4.31 Å². The fraction of sp³-hybridized carbons (Fsp3) is 0.368. The van der Waals surface area contributed by atoms with Crippen molar-refractivity contribution >= 4 is 39.1 Å². The molecule has 2 heterocycles. The molecule has 1 saturated heterocycles. The summed E-state index contributed by atoms with van der Waals surface area (Å²) in [7, 11) is -3.69. The van der Waals surface area contributed by atoms with E-state index in [1.165, 1.54) is 22.5 Å². The first kappa shape index (κ1) is 21.0. The predicted molar refractivity (Wildman–Crippen MR) is 109 cm³/mol. The Hall–Kier alpha value is -1.67. The Kier molecular flexibility index (Phi) is 6.60. The minimum absolute atomic E-state index is 0.0679. The number of benzene rings is 1. The van der Waals surface area contributed by atoms with Gasteiger partial charge in [-0.05, 0) is 49.6 Å². The van der Waals surface area contributed by atoms with Crippen LogP contribution in [-0.4, -0.2) is 36.7 Å². The van der Waals surface area contributed by atoms with Crippen LogP contribution in [0.25, 0.3) is 0 Å². The second kappa shape index (κ2) is 8.78. The molecular weight excluding hydrogens is 421 g/mol. The first-order valence-corrected chi connectivity index (χ1v) is 11.1. The van der Waals surface area contributed by atoms with Crippen molar-refractivity contribution in [3.05, 3.63) is 57.8 Å². The summed E-state index contributed by atoms with van der Waals surface area (Å²) in [5, 5.41) is 3.42. The van der Waals surface area contributed by atoms with E-state index in [1.54, 1.807) is 6.20 Å². The maximum atomic E-state index is 12.8. The van der Waals surface area contributed by atoms with Crippen molar-refractivity contribution in [1.29, 1.82) is 0 Å². The highest BCUT2D eigenvalue weighted by molar-refractivity contribution is 7.89. The van der Waals surface area contributed by atoms with Gasteiger partial charge in [-0.25, -0.2) is 8.42 Å². The summed E-state index contributed by atoms with van der Waals surface area (Å²) in [6.07, 6.45) is 2.67. The number of sulfonamides is 1. The van der Waals surface area contributed by atoms with E-state index < -0.39 is 10.0 Å². The maximum absolute atomic E-state index is 12.8. The average molecular weight is 442 g/mol. The minimum Gasteiger partial charge on any atom is -0.350 e. The fourth-order valence-electron chi connectivity index (χ4n) is 3.11. The van der Waals surface area contributed by atoms with Crippen LogP contribution in [0, 0.1) is 12.8 Å². The molecule has 6 nitrogen and oxygen atoms in total. The Bertz CT molecular complexity index is 937. The van der Waals surface area contributed by atoms with Crippen molar-refractivity contribution in [2.45, 2.75) is 31.2 Å². The van der Waals surface area contributed by atoms with Crippen molar-refractivity contribution in [3.63, 3.8) is 0 Å². The minimum atomic E-state index is -3.69. The molecule has 0 unspecified atom stereocenters. The van der Waals surface area contributed by atoms with Crippen LogP contribution < -0.4 is 5.32 Å². The number of nitrogens with zero attached hydrogens (tertiary/aromatic N) is 2. The lowest BCUT2D eigenvalue weighted by molar-refractivity contribution is -0.126. The Morgan fingerprint density at radius 3 is 2.39 bits per heavy atom. The number of pyridine rings is 1. The summed E-state index contributed by atoms with van der Waals surface area (Å²) < 4.78 is 27.0. The third-order valence-corrected chi connectivity index (χ3v) is 7.03. The molecule has 1 N–H and O–H groups in total. The van der Waals surface area contributed by atoms with Crippen molar-refractivity contribution < 1.29 is 13.2 Å². The van der Waals surface area contributed by atoms with Gasteiger partial charge in [0.15, 0.2) is 0 Å². The summed E-state index contributed by atoms with van der Waals surface area (Å²) in [4.78, 5) is 16.7. The van der Waals surface area contributed by atoms with Gasteiger partial charge < -0.3 is 5.32 Å². The van der Waals surface area contributed by atoms with E-state index in [4.69, 9.17) is 23.2 Å². The van der Waals surface area contributed by atoms with Gasteiger partial charge in [-0.3, -0.25) is 9.78 Å². The van der Waals surface area contributed by atoms with Gasteiger partial charge in [0.1, 0.15) is 0 Å². The maximum Gasteiger partial charge on any atom is 0.243 e. The van der Waals surface area contributed by atoms with Crippen molar-refractivity contribution in [2.75, 3.05) is 13.1 Å². The highest BCUT2D eigenvalue weighted by atomic mass is 35.5. The quantitative estimate of drug-likeness (QED) is 0.770. The largest absolute Gasteiger partial charge is 0.350 e.